The molecule has 1 aliphatic heterocycles. The van der Waals surface area contributed by atoms with Gasteiger partial charge in [-0.25, -0.2) is 5.01 Å². The molecule has 0 N–H and O–H groups in total. The van der Waals surface area contributed by atoms with Gasteiger partial charge in [-0.3, -0.25) is 4.79 Å². The van der Waals surface area contributed by atoms with Gasteiger partial charge in [-0.2, -0.15) is 9.78 Å². The van der Waals surface area contributed by atoms with Crippen LogP contribution >= 0.6 is 11.8 Å². The SMILES string of the molecule is COc1ccc(C2=NN(C(=O)CSc3nnnn3-c3ccc(C)cc3C)[C@H](c3ccco3)C2)cc1. The lowest BCUT2D eigenvalue weighted by molar-refractivity contribution is -0.130. The molecule has 1 amide bonds. The lowest BCUT2D eigenvalue weighted by Crippen LogP contribution is -2.28. The molecule has 0 fully saturated rings. The Kier molecular flexibility index (Phi) is 6.37. The second-order valence-electron chi connectivity index (χ2n) is 8.20. The van der Waals surface area contributed by atoms with Gasteiger partial charge in [0.05, 0.1) is 30.5 Å². The van der Waals surface area contributed by atoms with Gasteiger partial charge in [0.1, 0.15) is 17.6 Å². The van der Waals surface area contributed by atoms with E-state index in [1.54, 1.807) is 18.1 Å². The number of hydrazone groups is 1. The summed E-state index contributed by atoms with van der Waals surface area (Å²) < 4.78 is 12.6. The van der Waals surface area contributed by atoms with Gasteiger partial charge in [-0.15, -0.1) is 5.10 Å². The van der Waals surface area contributed by atoms with Crippen molar-refractivity contribution in [1.82, 2.24) is 25.2 Å². The number of hydrogen-bond acceptors (Lipinski definition) is 8. The predicted octanol–water partition coefficient (Wildman–Crippen LogP) is 4.35. The Hall–Kier alpha value is -3.92. The molecular formula is C25H24N6O3S. The van der Waals surface area contributed by atoms with Crippen LogP contribution < -0.4 is 4.74 Å². The van der Waals surface area contributed by atoms with Crippen LogP contribution in [0.1, 0.15) is 34.9 Å². The monoisotopic (exact) mass is 488 g/mol. The van der Waals surface area contributed by atoms with Gasteiger partial charge in [0.15, 0.2) is 0 Å². The molecule has 0 aliphatic carbocycles. The second kappa shape index (κ2) is 9.75. The molecule has 0 radical (unpaired) electrons. The van der Waals surface area contributed by atoms with Gasteiger partial charge in [0.2, 0.25) is 5.16 Å². The molecule has 0 spiro atoms. The van der Waals surface area contributed by atoms with Crippen molar-refractivity contribution >= 4 is 23.4 Å². The zero-order chi connectivity index (χ0) is 24.4. The van der Waals surface area contributed by atoms with Gasteiger partial charge in [-0.1, -0.05) is 29.5 Å². The van der Waals surface area contributed by atoms with Crippen molar-refractivity contribution in [3.63, 3.8) is 0 Å². The first kappa shape index (κ1) is 22.9. The van der Waals surface area contributed by atoms with Crippen molar-refractivity contribution in [3.8, 4) is 11.4 Å². The number of thioether (sulfide) groups is 1. The molecule has 0 saturated carbocycles. The zero-order valence-corrected chi connectivity index (χ0v) is 20.4. The maximum absolute atomic E-state index is 13.3. The number of aryl methyl sites for hydroxylation is 2. The highest BCUT2D eigenvalue weighted by atomic mass is 32.2. The van der Waals surface area contributed by atoms with E-state index in [9.17, 15) is 4.79 Å². The normalized spacial score (nSPS) is 15.3. The molecule has 0 saturated heterocycles. The van der Waals surface area contributed by atoms with Crippen molar-refractivity contribution in [3.05, 3.63) is 83.3 Å². The minimum absolute atomic E-state index is 0.127. The summed E-state index contributed by atoms with van der Waals surface area (Å²) in [7, 11) is 1.63. The standard InChI is InChI=1S/C25H24N6O3S/c1-16-6-11-21(17(2)13-16)31-25(26-28-29-31)35-15-24(32)30-22(23-5-4-12-34-23)14-20(27-30)18-7-9-19(33-3)10-8-18/h4-13,22H,14-15H2,1-3H3/t22-/m0/s1. The van der Waals surface area contributed by atoms with Gasteiger partial charge in [0.25, 0.3) is 5.91 Å². The Labute approximate surface area is 206 Å². The van der Waals surface area contributed by atoms with Crippen LogP contribution in [-0.4, -0.2) is 49.7 Å². The van der Waals surface area contributed by atoms with E-state index in [4.69, 9.17) is 9.15 Å². The number of nitrogens with zero attached hydrogens (tertiary/aromatic N) is 6. The fourth-order valence-corrected chi connectivity index (χ4v) is 4.79. The number of tetrazole rings is 1. The molecule has 178 valence electrons. The Morgan fingerprint density at radius 3 is 2.71 bits per heavy atom. The van der Waals surface area contributed by atoms with E-state index < -0.39 is 0 Å². The molecule has 3 heterocycles. The number of carbonyl (C=O) groups excluding carboxylic acids is 1. The summed E-state index contributed by atoms with van der Waals surface area (Å²) in [6.45, 7) is 4.05. The molecule has 9 nitrogen and oxygen atoms in total. The maximum Gasteiger partial charge on any atom is 0.253 e. The van der Waals surface area contributed by atoms with Crippen LogP contribution in [-0.2, 0) is 4.79 Å². The summed E-state index contributed by atoms with van der Waals surface area (Å²) in [5, 5.41) is 18.8. The average Bonchev–Trinajstić information content (AvgIpc) is 3.63. The number of benzene rings is 2. The van der Waals surface area contributed by atoms with Gasteiger partial charge in [-0.05, 0) is 77.9 Å². The fourth-order valence-electron chi connectivity index (χ4n) is 4.06. The third-order valence-corrected chi connectivity index (χ3v) is 6.71. The largest absolute Gasteiger partial charge is 0.497 e. The molecule has 4 aromatic rings. The molecule has 10 heteroatoms. The highest BCUT2D eigenvalue weighted by Crippen LogP contribution is 2.34. The first-order valence-electron chi connectivity index (χ1n) is 11.1. The van der Waals surface area contributed by atoms with Crippen LogP contribution in [0.5, 0.6) is 5.75 Å². The molecule has 0 unspecified atom stereocenters. The molecule has 2 aromatic carbocycles. The number of amides is 1. The molecule has 1 atom stereocenters. The summed E-state index contributed by atoms with van der Waals surface area (Å²) >= 11 is 1.28. The molecule has 5 rings (SSSR count). The minimum Gasteiger partial charge on any atom is -0.497 e. The lowest BCUT2D eigenvalue weighted by Gasteiger charge is -2.19. The van der Waals surface area contributed by atoms with Crippen molar-refractivity contribution in [1.29, 1.82) is 0 Å². The van der Waals surface area contributed by atoms with E-state index in [0.717, 1.165) is 33.8 Å². The molecular weight excluding hydrogens is 464 g/mol. The number of methoxy groups -OCH3 is 1. The van der Waals surface area contributed by atoms with Gasteiger partial charge >= 0.3 is 0 Å². The first-order valence-corrected chi connectivity index (χ1v) is 12.1. The highest BCUT2D eigenvalue weighted by Gasteiger charge is 2.35. The maximum atomic E-state index is 13.3. The van der Waals surface area contributed by atoms with Gasteiger partial charge < -0.3 is 9.15 Å². The van der Waals surface area contributed by atoms with E-state index in [2.05, 4.69) is 26.7 Å². The van der Waals surface area contributed by atoms with Crippen molar-refractivity contribution in [2.75, 3.05) is 12.9 Å². The topological polar surface area (TPSA) is 98.6 Å². The summed E-state index contributed by atoms with van der Waals surface area (Å²) in [5.74, 6) is 1.42. The highest BCUT2D eigenvalue weighted by molar-refractivity contribution is 7.99. The Bertz CT molecular complexity index is 1360. The number of ether oxygens (including phenoxy) is 1. The Morgan fingerprint density at radius 1 is 1.17 bits per heavy atom. The quantitative estimate of drug-likeness (QED) is 0.357. The second-order valence-corrected chi connectivity index (χ2v) is 9.14. The molecule has 0 bridgehead atoms. The van der Waals surface area contributed by atoms with E-state index in [-0.39, 0.29) is 17.7 Å². The van der Waals surface area contributed by atoms with Crippen LogP contribution in [0.3, 0.4) is 0 Å². The van der Waals surface area contributed by atoms with Crippen LogP contribution in [0.25, 0.3) is 5.69 Å². The number of carbonyl (C=O) groups is 1. The van der Waals surface area contributed by atoms with Gasteiger partial charge in [0, 0.05) is 6.42 Å². The predicted molar refractivity (Wildman–Crippen MR) is 132 cm³/mol. The molecule has 35 heavy (non-hydrogen) atoms. The van der Waals surface area contributed by atoms with Crippen LogP contribution in [0.2, 0.25) is 0 Å². The third kappa shape index (κ3) is 4.69. The van der Waals surface area contributed by atoms with Crippen molar-refractivity contribution in [2.45, 2.75) is 31.5 Å². The van der Waals surface area contributed by atoms with E-state index in [1.165, 1.54) is 16.8 Å². The molecule has 1 aliphatic rings. The van der Waals surface area contributed by atoms with E-state index in [1.807, 2.05) is 62.4 Å². The van der Waals surface area contributed by atoms with Crippen LogP contribution in [0, 0.1) is 13.8 Å². The van der Waals surface area contributed by atoms with Crippen LogP contribution in [0.15, 0.2) is 75.5 Å². The Morgan fingerprint density at radius 2 is 2.00 bits per heavy atom. The fraction of sp³-hybridized carbons (Fsp3) is 0.240. The summed E-state index contributed by atoms with van der Waals surface area (Å²) in [5.41, 5.74) is 4.84. The van der Waals surface area contributed by atoms with Crippen molar-refractivity contribution in [2.24, 2.45) is 5.10 Å². The van der Waals surface area contributed by atoms with E-state index in [0.29, 0.717) is 17.3 Å². The molecule has 2 aromatic heterocycles. The number of rotatable bonds is 7. The lowest BCUT2D eigenvalue weighted by atomic mass is 10.0. The number of hydrogen-bond donors (Lipinski definition) is 0. The summed E-state index contributed by atoms with van der Waals surface area (Å²) in [6.07, 6.45) is 2.16. The smallest absolute Gasteiger partial charge is 0.253 e. The summed E-state index contributed by atoms with van der Waals surface area (Å²) in [6, 6.07) is 17.1. The minimum atomic E-state index is -0.314. The average molecular weight is 489 g/mol. The van der Waals surface area contributed by atoms with Crippen LogP contribution in [0.4, 0.5) is 0 Å². The zero-order valence-electron chi connectivity index (χ0n) is 19.6. The Balaban J connectivity index is 1.36. The summed E-state index contributed by atoms with van der Waals surface area (Å²) in [4.78, 5) is 13.3. The first-order chi connectivity index (χ1) is 17.0. The number of furan rings is 1. The third-order valence-electron chi connectivity index (χ3n) is 5.81. The van der Waals surface area contributed by atoms with Crippen molar-refractivity contribution < 1.29 is 13.9 Å². The van der Waals surface area contributed by atoms with E-state index >= 15 is 0 Å². The number of aromatic nitrogens is 4.